The zero-order valence-corrected chi connectivity index (χ0v) is 14.1. The summed E-state index contributed by atoms with van der Waals surface area (Å²) < 4.78 is 5.26. The maximum Gasteiger partial charge on any atom is 0.407 e. The Hall–Kier alpha value is -2.82. The number of nitrogens with one attached hydrogen (secondary N) is 1. The number of likely N-dealkylation sites (tertiary alicyclic amines) is 1. The highest BCUT2D eigenvalue weighted by Crippen LogP contribution is 2.14. The van der Waals surface area contributed by atoms with Crippen LogP contribution in [0, 0.1) is 0 Å². The molecule has 1 heterocycles. The maximum absolute atomic E-state index is 12.5. The Morgan fingerprint density at radius 1 is 1.04 bits per heavy atom. The average Bonchev–Trinajstić information content (AvgIpc) is 2.67. The largest absolute Gasteiger partial charge is 0.445 e. The van der Waals surface area contributed by atoms with Crippen LogP contribution in [-0.4, -0.2) is 36.0 Å². The van der Waals surface area contributed by atoms with Crippen molar-refractivity contribution in [1.29, 1.82) is 0 Å². The van der Waals surface area contributed by atoms with Gasteiger partial charge in [-0.25, -0.2) is 4.79 Å². The summed E-state index contributed by atoms with van der Waals surface area (Å²) in [4.78, 5) is 26.3. The predicted molar refractivity (Wildman–Crippen MR) is 95.1 cm³/mol. The minimum absolute atomic E-state index is 0.00440. The summed E-state index contributed by atoms with van der Waals surface area (Å²) in [5.41, 5.74) is 1.62. The van der Waals surface area contributed by atoms with Gasteiger partial charge in [0.25, 0.3) is 5.91 Å². The van der Waals surface area contributed by atoms with Crippen molar-refractivity contribution in [2.45, 2.75) is 25.5 Å². The molecule has 130 valence electrons. The number of hydrogen-bond donors (Lipinski definition) is 1. The standard InChI is InChI=1S/C20H22N2O3/c23-19(17-10-5-2-6-11-17)22-13-7-12-18(14-22)21-20(24)25-15-16-8-3-1-4-9-16/h1-6,8-11,18H,7,12-15H2,(H,21,24)/t18-/m1/s1. The van der Waals surface area contributed by atoms with Crippen LogP contribution in [0.2, 0.25) is 0 Å². The lowest BCUT2D eigenvalue weighted by atomic mass is 10.0. The Kier molecular flexibility index (Phi) is 5.67. The summed E-state index contributed by atoms with van der Waals surface area (Å²) in [6.45, 7) is 1.46. The fourth-order valence-electron chi connectivity index (χ4n) is 2.97. The molecule has 5 nitrogen and oxygen atoms in total. The van der Waals surface area contributed by atoms with Gasteiger partial charge in [-0.15, -0.1) is 0 Å². The Bertz CT molecular complexity index is 703. The van der Waals surface area contributed by atoms with Crippen LogP contribution in [0.4, 0.5) is 4.79 Å². The van der Waals surface area contributed by atoms with E-state index in [9.17, 15) is 9.59 Å². The first kappa shape index (κ1) is 17.0. The van der Waals surface area contributed by atoms with E-state index in [-0.39, 0.29) is 18.6 Å². The summed E-state index contributed by atoms with van der Waals surface area (Å²) in [6, 6.07) is 18.7. The van der Waals surface area contributed by atoms with Crippen molar-refractivity contribution >= 4 is 12.0 Å². The summed E-state index contributed by atoms with van der Waals surface area (Å²) in [6.07, 6.45) is 1.27. The molecule has 25 heavy (non-hydrogen) atoms. The van der Waals surface area contributed by atoms with Crippen molar-refractivity contribution in [3.63, 3.8) is 0 Å². The number of hydrogen-bond acceptors (Lipinski definition) is 3. The molecule has 0 radical (unpaired) electrons. The monoisotopic (exact) mass is 338 g/mol. The fraction of sp³-hybridized carbons (Fsp3) is 0.300. The van der Waals surface area contributed by atoms with E-state index in [0.717, 1.165) is 18.4 Å². The second kappa shape index (κ2) is 8.33. The molecule has 1 fully saturated rings. The van der Waals surface area contributed by atoms with Crippen molar-refractivity contribution < 1.29 is 14.3 Å². The molecule has 1 saturated heterocycles. The topological polar surface area (TPSA) is 58.6 Å². The minimum Gasteiger partial charge on any atom is -0.445 e. The molecular formula is C20H22N2O3. The van der Waals surface area contributed by atoms with E-state index >= 15 is 0 Å². The summed E-state index contributed by atoms with van der Waals surface area (Å²) in [5, 5.41) is 2.87. The molecule has 2 aromatic rings. The molecule has 1 aliphatic rings. The third kappa shape index (κ3) is 4.83. The number of carbonyl (C=O) groups is 2. The lowest BCUT2D eigenvalue weighted by Crippen LogP contribution is -2.49. The minimum atomic E-state index is -0.442. The van der Waals surface area contributed by atoms with Crippen molar-refractivity contribution in [2.75, 3.05) is 13.1 Å². The average molecular weight is 338 g/mol. The van der Waals surface area contributed by atoms with Gasteiger partial charge in [-0.05, 0) is 30.5 Å². The second-order valence-electron chi connectivity index (χ2n) is 6.16. The molecule has 1 aliphatic heterocycles. The van der Waals surface area contributed by atoms with Crippen molar-refractivity contribution in [3.8, 4) is 0 Å². The predicted octanol–water partition coefficient (Wildman–Crippen LogP) is 3.22. The molecule has 2 amide bonds. The van der Waals surface area contributed by atoms with E-state index in [4.69, 9.17) is 4.74 Å². The Labute approximate surface area is 147 Å². The number of benzene rings is 2. The number of nitrogens with zero attached hydrogens (tertiary/aromatic N) is 1. The number of carbonyl (C=O) groups excluding carboxylic acids is 2. The van der Waals surface area contributed by atoms with Gasteiger partial charge >= 0.3 is 6.09 Å². The van der Waals surface area contributed by atoms with Gasteiger partial charge in [0.15, 0.2) is 0 Å². The Morgan fingerprint density at radius 2 is 1.72 bits per heavy atom. The van der Waals surface area contributed by atoms with Crippen LogP contribution in [0.3, 0.4) is 0 Å². The van der Waals surface area contributed by atoms with E-state index in [0.29, 0.717) is 18.7 Å². The third-order valence-electron chi connectivity index (χ3n) is 4.26. The zero-order chi connectivity index (χ0) is 17.5. The summed E-state index contributed by atoms with van der Waals surface area (Å²) in [5.74, 6) is 0.00440. The van der Waals surface area contributed by atoms with Crippen LogP contribution in [-0.2, 0) is 11.3 Å². The normalized spacial score (nSPS) is 17.0. The number of amides is 2. The molecule has 0 bridgehead atoms. The fourth-order valence-corrected chi connectivity index (χ4v) is 2.97. The van der Waals surface area contributed by atoms with Gasteiger partial charge in [0.2, 0.25) is 0 Å². The van der Waals surface area contributed by atoms with Crippen LogP contribution in [0.25, 0.3) is 0 Å². The summed E-state index contributed by atoms with van der Waals surface area (Å²) in [7, 11) is 0. The van der Waals surface area contributed by atoms with E-state index in [1.165, 1.54) is 0 Å². The van der Waals surface area contributed by atoms with Gasteiger partial charge in [0, 0.05) is 24.7 Å². The van der Waals surface area contributed by atoms with Gasteiger partial charge in [-0.1, -0.05) is 48.5 Å². The van der Waals surface area contributed by atoms with Crippen LogP contribution < -0.4 is 5.32 Å². The molecule has 1 atom stereocenters. The molecule has 0 saturated carbocycles. The molecule has 0 unspecified atom stereocenters. The molecule has 0 aromatic heterocycles. The van der Waals surface area contributed by atoms with Crippen LogP contribution in [0.5, 0.6) is 0 Å². The van der Waals surface area contributed by atoms with E-state index < -0.39 is 6.09 Å². The molecule has 3 rings (SSSR count). The zero-order valence-electron chi connectivity index (χ0n) is 14.1. The first-order valence-electron chi connectivity index (χ1n) is 8.54. The maximum atomic E-state index is 12.5. The molecule has 5 heteroatoms. The highest BCUT2D eigenvalue weighted by atomic mass is 16.5. The van der Waals surface area contributed by atoms with Crippen molar-refractivity contribution in [2.24, 2.45) is 0 Å². The van der Waals surface area contributed by atoms with Crippen LogP contribution in [0.1, 0.15) is 28.8 Å². The lowest BCUT2D eigenvalue weighted by molar-refractivity contribution is 0.0683. The van der Waals surface area contributed by atoms with Crippen molar-refractivity contribution in [1.82, 2.24) is 10.2 Å². The first-order valence-corrected chi connectivity index (χ1v) is 8.54. The molecule has 0 spiro atoms. The third-order valence-corrected chi connectivity index (χ3v) is 4.26. The van der Waals surface area contributed by atoms with Gasteiger partial charge < -0.3 is 15.0 Å². The Morgan fingerprint density at radius 3 is 2.44 bits per heavy atom. The lowest BCUT2D eigenvalue weighted by Gasteiger charge is -2.33. The molecule has 0 aliphatic carbocycles. The number of ether oxygens (including phenoxy) is 1. The molecular weight excluding hydrogens is 316 g/mol. The molecule has 1 N–H and O–H groups in total. The van der Waals surface area contributed by atoms with Gasteiger partial charge in [0.1, 0.15) is 6.61 Å². The number of alkyl carbamates (subject to hydrolysis) is 1. The van der Waals surface area contributed by atoms with E-state index in [1.54, 1.807) is 4.90 Å². The van der Waals surface area contributed by atoms with Gasteiger partial charge in [-0.3, -0.25) is 4.79 Å². The number of rotatable bonds is 4. The van der Waals surface area contributed by atoms with Crippen molar-refractivity contribution in [3.05, 3.63) is 71.8 Å². The van der Waals surface area contributed by atoms with Gasteiger partial charge in [0.05, 0.1) is 0 Å². The Balaban J connectivity index is 1.49. The quantitative estimate of drug-likeness (QED) is 0.931. The van der Waals surface area contributed by atoms with Gasteiger partial charge in [-0.2, -0.15) is 0 Å². The van der Waals surface area contributed by atoms with E-state index in [1.807, 2.05) is 60.7 Å². The highest BCUT2D eigenvalue weighted by Gasteiger charge is 2.25. The smallest absolute Gasteiger partial charge is 0.407 e. The highest BCUT2D eigenvalue weighted by molar-refractivity contribution is 5.94. The second-order valence-corrected chi connectivity index (χ2v) is 6.16. The molecule has 2 aromatic carbocycles. The summed E-state index contributed by atoms with van der Waals surface area (Å²) >= 11 is 0. The first-order chi connectivity index (χ1) is 12.2. The number of piperidine rings is 1. The van der Waals surface area contributed by atoms with E-state index in [2.05, 4.69) is 5.32 Å². The van der Waals surface area contributed by atoms with Crippen LogP contribution in [0.15, 0.2) is 60.7 Å². The SMILES string of the molecule is O=C(N[C@@H]1CCCN(C(=O)c2ccccc2)C1)OCc1ccccc1. The van der Waals surface area contributed by atoms with Crippen LogP contribution >= 0.6 is 0 Å².